The van der Waals surface area contributed by atoms with Crippen LogP contribution in [0.2, 0.25) is 0 Å². The number of ether oxygens (including phenoxy) is 1. The molecule has 0 aliphatic rings. The summed E-state index contributed by atoms with van der Waals surface area (Å²) in [6.07, 6.45) is 0.587. The normalized spacial score (nSPS) is 11.7. The van der Waals surface area contributed by atoms with Gasteiger partial charge in [-0.1, -0.05) is 26.0 Å². The van der Waals surface area contributed by atoms with E-state index in [0.717, 1.165) is 0 Å². The van der Waals surface area contributed by atoms with Crippen molar-refractivity contribution in [1.82, 2.24) is 10.6 Å². The van der Waals surface area contributed by atoms with E-state index < -0.39 is 12.0 Å². The Labute approximate surface area is 150 Å². The number of halogens is 1. The summed E-state index contributed by atoms with van der Waals surface area (Å²) < 4.78 is 5.39. The van der Waals surface area contributed by atoms with Gasteiger partial charge in [0.25, 0.3) is 5.91 Å². The molecule has 0 saturated heterocycles. The lowest BCUT2D eigenvalue weighted by atomic mass is 10.0. The number of methoxy groups -OCH3 is 1. The van der Waals surface area contributed by atoms with E-state index in [2.05, 4.69) is 26.6 Å². The Morgan fingerprint density at radius 3 is 2.46 bits per heavy atom. The zero-order chi connectivity index (χ0) is 18.1. The summed E-state index contributed by atoms with van der Waals surface area (Å²) in [5, 5.41) is 5.33. The van der Waals surface area contributed by atoms with E-state index in [0.29, 0.717) is 16.5 Å². The summed E-state index contributed by atoms with van der Waals surface area (Å²) in [5.74, 6) is -0.792. The predicted octanol–water partition coefficient (Wildman–Crippen LogP) is 2.27. The molecular weight excluding hydrogens is 376 g/mol. The zero-order valence-corrected chi connectivity index (χ0v) is 15.7. The number of rotatable bonds is 8. The van der Waals surface area contributed by atoms with Gasteiger partial charge in [-0.25, -0.2) is 4.79 Å². The molecule has 7 heteroatoms. The second-order valence-corrected chi connectivity index (χ2v) is 6.61. The first-order valence-electron chi connectivity index (χ1n) is 7.75. The summed E-state index contributed by atoms with van der Waals surface area (Å²) in [4.78, 5) is 35.7. The van der Waals surface area contributed by atoms with Gasteiger partial charge in [-0.2, -0.15) is 0 Å². The average molecular weight is 399 g/mol. The van der Waals surface area contributed by atoms with Crippen LogP contribution in [0.4, 0.5) is 0 Å². The molecular formula is C17H23BrN2O4. The molecule has 0 saturated carbocycles. The molecule has 1 atom stereocenters. The van der Waals surface area contributed by atoms with Crippen molar-refractivity contribution in [2.45, 2.75) is 32.7 Å². The zero-order valence-electron chi connectivity index (χ0n) is 14.1. The molecule has 0 unspecified atom stereocenters. The summed E-state index contributed by atoms with van der Waals surface area (Å²) in [5.41, 5.74) is 0.505. The van der Waals surface area contributed by atoms with Crippen molar-refractivity contribution in [1.29, 1.82) is 0 Å². The molecule has 2 amide bonds. The lowest BCUT2D eigenvalue weighted by Gasteiger charge is -2.18. The number of carbonyl (C=O) groups is 3. The molecule has 0 bridgehead atoms. The molecule has 0 radical (unpaired) electrons. The summed E-state index contributed by atoms with van der Waals surface area (Å²) in [7, 11) is 1.29. The number of hydrogen-bond donors (Lipinski definition) is 2. The van der Waals surface area contributed by atoms with E-state index in [1.165, 1.54) is 7.11 Å². The number of amides is 2. The molecule has 1 aromatic carbocycles. The Hall–Kier alpha value is -1.89. The van der Waals surface area contributed by atoms with Gasteiger partial charge in [0.1, 0.15) is 6.04 Å². The number of nitrogens with one attached hydrogen (secondary N) is 2. The predicted molar refractivity (Wildman–Crippen MR) is 94.5 cm³/mol. The first-order chi connectivity index (χ1) is 11.3. The van der Waals surface area contributed by atoms with E-state index in [1.807, 2.05) is 19.9 Å². The number of carbonyl (C=O) groups excluding carboxylic acids is 3. The van der Waals surface area contributed by atoms with Gasteiger partial charge in [-0.05, 0) is 40.4 Å². The fraction of sp³-hybridized carbons (Fsp3) is 0.471. The standard InChI is InChI=1S/C17H23BrN2O4/c1-11(2)10-14(17(23)24-3)20-15(21)8-9-19-16(22)12-6-4-5-7-13(12)18/h4-7,11,14H,8-10H2,1-3H3,(H,19,22)(H,20,21)/t14-/m1/s1. The molecule has 0 aliphatic carbocycles. The summed E-state index contributed by atoms with van der Waals surface area (Å²) in [6.45, 7) is 4.10. The van der Waals surface area contributed by atoms with Crippen LogP contribution in [0.5, 0.6) is 0 Å². The van der Waals surface area contributed by atoms with E-state index >= 15 is 0 Å². The van der Waals surface area contributed by atoms with Crippen molar-refractivity contribution in [2.24, 2.45) is 5.92 Å². The Bertz CT molecular complexity index is 590. The van der Waals surface area contributed by atoms with Gasteiger partial charge >= 0.3 is 5.97 Å². The fourth-order valence-corrected chi connectivity index (χ4v) is 2.59. The van der Waals surface area contributed by atoms with E-state index in [1.54, 1.807) is 18.2 Å². The molecule has 6 nitrogen and oxygen atoms in total. The van der Waals surface area contributed by atoms with E-state index in [-0.39, 0.29) is 30.7 Å². The summed E-state index contributed by atoms with van der Waals surface area (Å²) >= 11 is 3.31. The van der Waals surface area contributed by atoms with Gasteiger partial charge in [0, 0.05) is 17.4 Å². The Kier molecular flexibility index (Phi) is 8.46. The fourth-order valence-electron chi connectivity index (χ4n) is 2.12. The Morgan fingerprint density at radius 2 is 1.88 bits per heavy atom. The molecule has 1 rings (SSSR count). The molecule has 0 fully saturated rings. The molecule has 0 heterocycles. The highest BCUT2D eigenvalue weighted by Gasteiger charge is 2.22. The monoisotopic (exact) mass is 398 g/mol. The summed E-state index contributed by atoms with van der Waals surface area (Å²) in [6, 6.07) is 6.38. The van der Waals surface area contributed by atoms with Crippen LogP contribution in [-0.2, 0) is 14.3 Å². The second kappa shape index (κ2) is 10.1. The van der Waals surface area contributed by atoms with Crippen molar-refractivity contribution < 1.29 is 19.1 Å². The minimum atomic E-state index is -0.665. The van der Waals surface area contributed by atoms with Gasteiger partial charge in [-0.15, -0.1) is 0 Å². The van der Waals surface area contributed by atoms with Crippen LogP contribution in [-0.4, -0.2) is 37.5 Å². The molecule has 2 N–H and O–H groups in total. The van der Waals surface area contributed by atoms with Crippen LogP contribution in [0.25, 0.3) is 0 Å². The quantitative estimate of drug-likeness (QED) is 0.657. The van der Waals surface area contributed by atoms with Crippen molar-refractivity contribution >= 4 is 33.7 Å². The van der Waals surface area contributed by atoms with Crippen molar-refractivity contribution in [3.8, 4) is 0 Å². The highest BCUT2D eigenvalue weighted by atomic mass is 79.9. The molecule has 1 aromatic rings. The van der Waals surface area contributed by atoms with Crippen LogP contribution in [0.1, 0.15) is 37.0 Å². The van der Waals surface area contributed by atoms with Crippen LogP contribution in [0, 0.1) is 5.92 Å². The van der Waals surface area contributed by atoms with Crippen LogP contribution in [0.15, 0.2) is 28.7 Å². The molecule has 0 aliphatic heterocycles. The number of esters is 1. The van der Waals surface area contributed by atoms with Crippen LogP contribution < -0.4 is 10.6 Å². The van der Waals surface area contributed by atoms with Gasteiger partial charge < -0.3 is 15.4 Å². The minimum absolute atomic E-state index is 0.0851. The minimum Gasteiger partial charge on any atom is -0.467 e. The number of hydrogen-bond acceptors (Lipinski definition) is 4. The molecule has 0 aromatic heterocycles. The Balaban J connectivity index is 2.46. The number of benzene rings is 1. The van der Waals surface area contributed by atoms with E-state index in [4.69, 9.17) is 4.74 Å². The third kappa shape index (κ3) is 6.70. The van der Waals surface area contributed by atoms with E-state index in [9.17, 15) is 14.4 Å². The maximum atomic E-state index is 12.0. The van der Waals surface area contributed by atoms with Crippen molar-refractivity contribution in [3.05, 3.63) is 34.3 Å². The van der Waals surface area contributed by atoms with Crippen molar-refractivity contribution in [3.63, 3.8) is 0 Å². The topological polar surface area (TPSA) is 84.5 Å². The Morgan fingerprint density at radius 1 is 1.21 bits per heavy atom. The lowest BCUT2D eigenvalue weighted by Crippen LogP contribution is -2.43. The van der Waals surface area contributed by atoms with Gasteiger partial charge in [-0.3, -0.25) is 9.59 Å². The largest absolute Gasteiger partial charge is 0.467 e. The first-order valence-corrected chi connectivity index (χ1v) is 8.54. The third-order valence-electron chi connectivity index (χ3n) is 3.28. The first kappa shape index (κ1) is 20.2. The smallest absolute Gasteiger partial charge is 0.328 e. The van der Waals surface area contributed by atoms with Crippen LogP contribution >= 0.6 is 15.9 Å². The SMILES string of the molecule is COC(=O)[C@@H](CC(C)C)NC(=O)CCNC(=O)c1ccccc1Br. The molecule has 132 valence electrons. The molecule has 0 spiro atoms. The maximum absolute atomic E-state index is 12.0. The lowest BCUT2D eigenvalue weighted by molar-refractivity contribution is -0.145. The highest BCUT2D eigenvalue weighted by molar-refractivity contribution is 9.10. The van der Waals surface area contributed by atoms with Gasteiger partial charge in [0.15, 0.2) is 0 Å². The molecule has 24 heavy (non-hydrogen) atoms. The van der Waals surface area contributed by atoms with Crippen molar-refractivity contribution in [2.75, 3.05) is 13.7 Å². The van der Waals surface area contributed by atoms with Crippen LogP contribution in [0.3, 0.4) is 0 Å². The highest BCUT2D eigenvalue weighted by Crippen LogP contribution is 2.15. The maximum Gasteiger partial charge on any atom is 0.328 e. The second-order valence-electron chi connectivity index (χ2n) is 5.76. The third-order valence-corrected chi connectivity index (χ3v) is 3.98. The van der Waals surface area contributed by atoms with Gasteiger partial charge in [0.05, 0.1) is 12.7 Å². The van der Waals surface area contributed by atoms with Gasteiger partial charge in [0.2, 0.25) is 5.91 Å². The average Bonchev–Trinajstić information content (AvgIpc) is 2.53.